The summed E-state index contributed by atoms with van der Waals surface area (Å²) in [6.45, 7) is 3.64. The van der Waals surface area contributed by atoms with Crippen molar-refractivity contribution in [1.82, 2.24) is 10.6 Å². The highest BCUT2D eigenvalue weighted by atomic mass is 16.4. The number of amides is 2. The fraction of sp³-hybridized carbons (Fsp3) is 0.278. The molecule has 8 nitrogen and oxygen atoms in total. The van der Waals surface area contributed by atoms with Crippen LogP contribution in [0.4, 0.5) is 0 Å². The van der Waals surface area contributed by atoms with Crippen LogP contribution < -0.4 is 15.7 Å². The first-order valence-electron chi connectivity index (χ1n) is 7.98. The number of carboxylic acids is 1. The minimum Gasteiger partial charge on any atom is -0.548 e. The summed E-state index contributed by atoms with van der Waals surface area (Å²) in [5, 5.41) is 16.0. The number of carbonyl (C=O) groups excluding carboxylic acids is 3. The van der Waals surface area contributed by atoms with Gasteiger partial charge in [-0.25, -0.2) is 0 Å². The Kier molecular flexibility index (Phi) is 6.37. The van der Waals surface area contributed by atoms with Crippen LogP contribution in [0.15, 0.2) is 51.3 Å². The van der Waals surface area contributed by atoms with Gasteiger partial charge >= 0.3 is 0 Å². The Morgan fingerprint density at radius 3 is 2.38 bits per heavy atom. The zero-order valence-electron chi connectivity index (χ0n) is 14.4. The Morgan fingerprint density at radius 2 is 1.85 bits per heavy atom. The largest absolute Gasteiger partial charge is 0.548 e. The highest BCUT2D eigenvalue weighted by Crippen LogP contribution is 2.10. The first-order chi connectivity index (χ1) is 12.4. The molecule has 0 aliphatic heterocycles. The van der Waals surface area contributed by atoms with E-state index in [-0.39, 0.29) is 23.8 Å². The van der Waals surface area contributed by atoms with Crippen LogP contribution in [-0.2, 0) is 9.59 Å². The number of hydrogen-bond donors (Lipinski definition) is 2. The Bertz CT molecular complexity index is 775. The maximum Gasteiger partial charge on any atom is 0.291 e. The van der Waals surface area contributed by atoms with Gasteiger partial charge in [0.25, 0.3) is 11.8 Å². The molecule has 2 N–H and O–H groups in total. The number of carboxylic acid groups (broad SMARTS) is 1. The fourth-order valence-corrected chi connectivity index (χ4v) is 2.19. The third-order valence-corrected chi connectivity index (χ3v) is 3.36. The first-order valence-corrected chi connectivity index (χ1v) is 7.98. The second kappa shape index (κ2) is 8.70. The van der Waals surface area contributed by atoms with Crippen LogP contribution in [0.1, 0.15) is 36.6 Å². The predicted molar refractivity (Wildman–Crippen MR) is 89.3 cm³/mol. The van der Waals surface area contributed by atoms with Crippen LogP contribution in [0, 0.1) is 5.92 Å². The summed E-state index contributed by atoms with van der Waals surface area (Å²) in [4.78, 5) is 35.9. The molecular formula is C18H19N2O6-. The van der Waals surface area contributed by atoms with Gasteiger partial charge in [-0.15, -0.1) is 0 Å². The lowest BCUT2D eigenvalue weighted by molar-refractivity contribution is -0.308. The van der Waals surface area contributed by atoms with E-state index >= 15 is 0 Å². The minimum absolute atomic E-state index is 0.00164. The topological polar surface area (TPSA) is 125 Å². The van der Waals surface area contributed by atoms with E-state index in [9.17, 15) is 19.5 Å². The smallest absolute Gasteiger partial charge is 0.291 e. The molecule has 0 saturated heterocycles. The van der Waals surface area contributed by atoms with Gasteiger partial charge in [-0.3, -0.25) is 9.59 Å². The van der Waals surface area contributed by atoms with Gasteiger partial charge in [-0.2, -0.15) is 0 Å². The van der Waals surface area contributed by atoms with Crippen molar-refractivity contribution in [2.75, 3.05) is 0 Å². The molecule has 0 radical (unpaired) electrons. The van der Waals surface area contributed by atoms with E-state index in [1.165, 1.54) is 30.7 Å². The summed E-state index contributed by atoms with van der Waals surface area (Å²) < 4.78 is 10.1. The van der Waals surface area contributed by atoms with Gasteiger partial charge in [0.2, 0.25) is 0 Å². The Morgan fingerprint density at radius 1 is 1.15 bits per heavy atom. The zero-order chi connectivity index (χ0) is 19.1. The van der Waals surface area contributed by atoms with E-state index < -0.39 is 23.8 Å². The Balaban J connectivity index is 2.21. The number of furan rings is 2. The van der Waals surface area contributed by atoms with Crippen LogP contribution in [-0.4, -0.2) is 23.8 Å². The molecule has 0 bridgehead atoms. The van der Waals surface area contributed by atoms with E-state index in [0.717, 1.165) is 0 Å². The van der Waals surface area contributed by atoms with E-state index in [0.29, 0.717) is 5.76 Å². The van der Waals surface area contributed by atoms with Crippen molar-refractivity contribution < 1.29 is 28.3 Å². The average Bonchev–Trinajstić information content (AvgIpc) is 3.26. The highest BCUT2D eigenvalue weighted by molar-refractivity contribution is 6.05. The molecule has 0 aliphatic rings. The first kappa shape index (κ1) is 19.0. The molecule has 0 unspecified atom stereocenters. The van der Waals surface area contributed by atoms with Gasteiger partial charge in [0.1, 0.15) is 11.5 Å². The average molecular weight is 359 g/mol. The predicted octanol–water partition coefficient (Wildman–Crippen LogP) is 0.924. The minimum atomic E-state index is -1.40. The highest BCUT2D eigenvalue weighted by Gasteiger charge is 2.21. The van der Waals surface area contributed by atoms with Crippen LogP contribution in [0.2, 0.25) is 0 Å². The van der Waals surface area contributed by atoms with Gasteiger partial charge in [0.05, 0.1) is 24.5 Å². The van der Waals surface area contributed by atoms with Gasteiger partial charge in [-0.05, 0) is 36.6 Å². The van der Waals surface area contributed by atoms with E-state index in [1.807, 2.05) is 13.8 Å². The van der Waals surface area contributed by atoms with Gasteiger partial charge in [0, 0.05) is 6.08 Å². The number of rotatable bonds is 8. The summed E-state index contributed by atoms with van der Waals surface area (Å²) >= 11 is 0. The molecule has 2 aromatic rings. The zero-order valence-corrected chi connectivity index (χ0v) is 14.4. The molecule has 2 aromatic heterocycles. The van der Waals surface area contributed by atoms with Crippen LogP contribution in [0.5, 0.6) is 0 Å². The molecular weight excluding hydrogens is 340 g/mol. The Hall–Kier alpha value is -3.29. The van der Waals surface area contributed by atoms with Gasteiger partial charge < -0.3 is 29.4 Å². The molecule has 2 rings (SSSR count). The molecule has 138 valence electrons. The molecule has 8 heteroatoms. The summed E-state index contributed by atoms with van der Waals surface area (Å²) in [6.07, 6.45) is 4.20. The molecule has 0 spiro atoms. The number of hydrogen-bond acceptors (Lipinski definition) is 6. The lowest BCUT2D eigenvalue weighted by atomic mass is 10.0. The maximum atomic E-state index is 12.5. The Labute approximate surface area is 149 Å². The standard InChI is InChI=1S/C18H20N2O6/c1-11(2)9-14(18(23)24)20-16(21)13(10-12-5-3-7-25-12)19-17(22)15-6-4-8-26-15/h3-8,10-11,14H,9H2,1-2H3,(H,19,22)(H,20,21)(H,23,24)/p-1/b13-10+/t14-/m0/s1. The van der Waals surface area contributed by atoms with Crippen molar-refractivity contribution in [2.24, 2.45) is 5.92 Å². The molecule has 2 amide bonds. The van der Waals surface area contributed by atoms with Gasteiger partial charge in [0.15, 0.2) is 5.76 Å². The molecule has 1 atom stereocenters. The van der Waals surface area contributed by atoms with Crippen LogP contribution >= 0.6 is 0 Å². The van der Waals surface area contributed by atoms with Crippen LogP contribution in [0.3, 0.4) is 0 Å². The second-order valence-electron chi connectivity index (χ2n) is 5.98. The maximum absolute atomic E-state index is 12.5. The molecule has 2 heterocycles. The van der Waals surface area contributed by atoms with Crippen molar-refractivity contribution in [3.63, 3.8) is 0 Å². The number of carbonyl (C=O) groups is 3. The molecule has 0 aliphatic carbocycles. The van der Waals surface area contributed by atoms with Crippen LogP contribution in [0.25, 0.3) is 6.08 Å². The fourth-order valence-electron chi connectivity index (χ4n) is 2.19. The quantitative estimate of drug-likeness (QED) is 0.676. The summed E-state index contributed by atoms with van der Waals surface area (Å²) in [5.41, 5.74) is -0.184. The molecule has 0 aromatic carbocycles. The SMILES string of the molecule is CC(C)C[C@H](NC(=O)/C(=C\c1ccco1)NC(=O)c1ccco1)C(=O)[O-]. The van der Waals surface area contributed by atoms with Gasteiger partial charge in [-0.1, -0.05) is 13.8 Å². The summed E-state index contributed by atoms with van der Waals surface area (Å²) in [5.74, 6) is -2.51. The molecule has 0 fully saturated rings. The van der Waals surface area contributed by atoms with Crippen molar-refractivity contribution in [1.29, 1.82) is 0 Å². The van der Waals surface area contributed by atoms with Crippen molar-refractivity contribution >= 4 is 23.9 Å². The van der Waals surface area contributed by atoms with E-state index in [4.69, 9.17) is 8.83 Å². The van der Waals surface area contributed by atoms with Crippen molar-refractivity contribution in [3.05, 3.63) is 54.0 Å². The van der Waals surface area contributed by atoms with Crippen molar-refractivity contribution in [3.8, 4) is 0 Å². The number of nitrogens with one attached hydrogen (secondary N) is 2. The third-order valence-electron chi connectivity index (χ3n) is 3.36. The summed E-state index contributed by atoms with van der Waals surface area (Å²) in [6, 6.07) is 4.96. The van der Waals surface area contributed by atoms with Crippen molar-refractivity contribution in [2.45, 2.75) is 26.3 Å². The van der Waals surface area contributed by atoms with E-state index in [1.54, 1.807) is 12.1 Å². The molecule has 26 heavy (non-hydrogen) atoms. The second-order valence-corrected chi connectivity index (χ2v) is 5.98. The lowest BCUT2D eigenvalue weighted by Gasteiger charge is -2.22. The third kappa shape index (κ3) is 5.37. The summed E-state index contributed by atoms with van der Waals surface area (Å²) in [7, 11) is 0. The normalized spacial score (nSPS) is 12.7. The monoisotopic (exact) mass is 359 g/mol. The molecule has 0 saturated carbocycles. The number of aliphatic carboxylic acids is 1. The van der Waals surface area contributed by atoms with E-state index in [2.05, 4.69) is 10.6 Å². The lowest BCUT2D eigenvalue weighted by Crippen LogP contribution is -2.50.